The Kier molecular flexibility index (Phi) is 9.34. The van der Waals surface area contributed by atoms with Crippen LogP contribution in [0.2, 0.25) is 25.7 Å². The van der Waals surface area contributed by atoms with E-state index in [9.17, 15) is 24.0 Å². The summed E-state index contributed by atoms with van der Waals surface area (Å²) in [7, 11) is -1.28. The maximum atomic E-state index is 13.1. The minimum absolute atomic E-state index is 0.0649. The van der Waals surface area contributed by atoms with Gasteiger partial charge in [0.15, 0.2) is 6.10 Å². The molecule has 0 bridgehead atoms. The summed E-state index contributed by atoms with van der Waals surface area (Å²) in [6.07, 6.45) is 2.23. The second-order valence-electron chi connectivity index (χ2n) is 12.2. The Bertz CT molecular complexity index is 908. The second-order valence-corrected chi connectivity index (χ2v) is 17.8. The van der Waals surface area contributed by atoms with E-state index in [0.717, 1.165) is 17.4 Å². The predicted octanol–water partition coefficient (Wildman–Crippen LogP) is 3.37. The van der Waals surface area contributed by atoms with E-state index in [-0.39, 0.29) is 37.1 Å². The van der Waals surface area contributed by atoms with Crippen molar-refractivity contribution in [2.45, 2.75) is 110 Å². The lowest BCUT2D eigenvalue weighted by atomic mass is 9.87. The van der Waals surface area contributed by atoms with E-state index in [1.807, 2.05) is 6.92 Å². The Morgan fingerprint density at radius 3 is 2.19 bits per heavy atom. The Hall–Kier alpha value is -2.11. The summed E-state index contributed by atoms with van der Waals surface area (Å²) in [4.78, 5) is 67.5. The molecule has 0 radical (unpaired) electrons. The Labute approximate surface area is 221 Å². The summed E-state index contributed by atoms with van der Waals surface area (Å²) in [5.74, 6) is -1.56. The number of rotatable bonds is 11. The number of carbonyl (C=O) groups excluding carboxylic acids is 5. The predicted molar refractivity (Wildman–Crippen MR) is 139 cm³/mol. The van der Waals surface area contributed by atoms with Crippen LogP contribution in [0.3, 0.4) is 0 Å². The van der Waals surface area contributed by atoms with Crippen LogP contribution in [0.1, 0.15) is 65.7 Å². The molecule has 1 saturated carbocycles. The van der Waals surface area contributed by atoms with Crippen molar-refractivity contribution in [1.82, 2.24) is 14.7 Å². The highest BCUT2D eigenvalue weighted by molar-refractivity contribution is 6.76. The molecule has 1 atom stereocenters. The first kappa shape index (κ1) is 29.4. The number of ether oxygens (including phenoxy) is 2. The molecule has 37 heavy (non-hydrogen) atoms. The van der Waals surface area contributed by atoms with E-state index in [1.165, 1.54) is 9.80 Å². The van der Waals surface area contributed by atoms with E-state index >= 15 is 0 Å². The number of imide groups is 3. The third-order valence-electron chi connectivity index (χ3n) is 7.54. The first-order valence-electron chi connectivity index (χ1n) is 13.5. The highest BCUT2D eigenvalue weighted by atomic mass is 28.3. The number of carbonyl (C=O) groups is 5. The topological polar surface area (TPSA) is 114 Å². The lowest BCUT2D eigenvalue weighted by Gasteiger charge is -2.40. The molecule has 11 heteroatoms. The molecular formula is C26H43N3O7Si. The zero-order valence-electron chi connectivity index (χ0n) is 23.2. The average Bonchev–Trinajstić information content (AvgIpc) is 2.96. The first-order chi connectivity index (χ1) is 17.3. The van der Waals surface area contributed by atoms with Crippen molar-refractivity contribution >= 4 is 37.7 Å². The van der Waals surface area contributed by atoms with Gasteiger partial charge in [-0.2, -0.15) is 0 Å². The summed E-state index contributed by atoms with van der Waals surface area (Å²) < 4.78 is 11.9. The van der Waals surface area contributed by atoms with Gasteiger partial charge in [0, 0.05) is 27.3 Å². The highest BCUT2D eigenvalue weighted by Crippen LogP contribution is 2.38. The van der Waals surface area contributed by atoms with Crippen LogP contribution in [-0.2, 0) is 28.7 Å². The van der Waals surface area contributed by atoms with Crippen LogP contribution in [0.15, 0.2) is 0 Å². The fraction of sp³-hybridized carbons (Fsp3) is 0.808. The number of nitrogens with zero attached hydrogens (tertiary/aromatic N) is 3. The summed E-state index contributed by atoms with van der Waals surface area (Å²) >= 11 is 0. The molecule has 3 rings (SSSR count). The summed E-state index contributed by atoms with van der Waals surface area (Å²) in [6.45, 7) is 12.9. The molecule has 2 heterocycles. The third-order valence-corrected chi connectivity index (χ3v) is 9.24. The van der Waals surface area contributed by atoms with Crippen molar-refractivity contribution in [2.24, 2.45) is 5.41 Å². The summed E-state index contributed by atoms with van der Waals surface area (Å²) in [6, 6.07) is 0.117. The fourth-order valence-corrected chi connectivity index (χ4v) is 5.83. The normalized spacial score (nSPS) is 27.0. The van der Waals surface area contributed by atoms with Crippen LogP contribution in [0.5, 0.6) is 0 Å². The van der Waals surface area contributed by atoms with E-state index in [1.54, 1.807) is 13.8 Å². The largest absolute Gasteiger partial charge is 0.364 e. The average molecular weight is 538 g/mol. The number of likely N-dealkylation sites (tertiary alicyclic amines) is 1. The van der Waals surface area contributed by atoms with Crippen molar-refractivity contribution in [1.29, 1.82) is 0 Å². The van der Waals surface area contributed by atoms with Gasteiger partial charge in [0.1, 0.15) is 13.2 Å². The molecule has 208 valence electrons. The fourth-order valence-electron chi connectivity index (χ4n) is 5.08. The molecule has 0 aromatic heterocycles. The molecule has 6 amide bonds. The maximum Gasteiger partial charge on any atom is 0.333 e. The molecule has 2 aliphatic heterocycles. The maximum absolute atomic E-state index is 13.1. The van der Waals surface area contributed by atoms with Crippen molar-refractivity contribution < 1.29 is 33.4 Å². The van der Waals surface area contributed by atoms with Gasteiger partial charge in [-0.15, -0.1) is 0 Å². The molecule has 1 aliphatic carbocycles. The van der Waals surface area contributed by atoms with Crippen LogP contribution in [0, 0.1) is 5.41 Å². The standard InChI is InChI=1S/C26H43N3O7Si/c1-7-8-13-27-20(30)16-21(31)29(25(27)34)18-9-11-19(12-10-18)36-22-23(32)28(24(33)26(22,2)3)17-35-14-15-37(4,5)6/h18-19,22H,7-17H2,1-6H3. The molecule has 0 spiro atoms. The highest BCUT2D eigenvalue weighted by Gasteiger charge is 2.55. The van der Waals surface area contributed by atoms with Gasteiger partial charge < -0.3 is 9.47 Å². The molecule has 3 fully saturated rings. The lowest BCUT2D eigenvalue weighted by Crippen LogP contribution is -2.59. The van der Waals surface area contributed by atoms with Gasteiger partial charge in [-0.25, -0.2) is 4.79 Å². The lowest BCUT2D eigenvalue weighted by molar-refractivity contribution is -0.150. The Morgan fingerprint density at radius 1 is 0.946 bits per heavy atom. The van der Waals surface area contributed by atoms with E-state index < -0.39 is 37.4 Å². The quantitative estimate of drug-likeness (QED) is 0.172. The van der Waals surface area contributed by atoms with Crippen molar-refractivity contribution in [3.8, 4) is 0 Å². The van der Waals surface area contributed by atoms with Gasteiger partial charge in [-0.3, -0.25) is 33.9 Å². The van der Waals surface area contributed by atoms with Crippen LogP contribution in [-0.4, -0.2) is 90.6 Å². The van der Waals surface area contributed by atoms with Gasteiger partial charge in [0.25, 0.3) is 5.91 Å². The number of hydrogen-bond donors (Lipinski definition) is 0. The monoisotopic (exact) mass is 537 g/mol. The van der Waals surface area contributed by atoms with Gasteiger partial charge in [0.05, 0.1) is 11.5 Å². The minimum Gasteiger partial charge on any atom is -0.364 e. The number of urea groups is 1. The molecule has 10 nitrogen and oxygen atoms in total. The number of amides is 6. The molecule has 0 aromatic carbocycles. The zero-order chi connectivity index (χ0) is 27.5. The van der Waals surface area contributed by atoms with Gasteiger partial charge in [-0.05, 0) is 52.0 Å². The molecule has 1 unspecified atom stereocenters. The Balaban J connectivity index is 1.56. The molecule has 0 aromatic rings. The number of barbiturate groups is 1. The van der Waals surface area contributed by atoms with Crippen molar-refractivity contribution in [3.63, 3.8) is 0 Å². The summed E-state index contributed by atoms with van der Waals surface area (Å²) in [5.41, 5.74) is -1.00. The first-order valence-corrected chi connectivity index (χ1v) is 17.2. The zero-order valence-corrected chi connectivity index (χ0v) is 24.2. The number of hydrogen-bond acceptors (Lipinski definition) is 7. The van der Waals surface area contributed by atoms with Crippen molar-refractivity contribution in [3.05, 3.63) is 0 Å². The Morgan fingerprint density at radius 2 is 1.59 bits per heavy atom. The molecular weight excluding hydrogens is 494 g/mol. The van der Waals surface area contributed by atoms with Gasteiger partial charge in [0.2, 0.25) is 17.7 Å². The van der Waals surface area contributed by atoms with Crippen molar-refractivity contribution in [2.75, 3.05) is 19.9 Å². The SMILES string of the molecule is CCCCN1C(=O)CC(=O)N(C2CCC(OC3C(=O)N(COCC[Si](C)(C)C)C(=O)C3(C)C)CC2)C1=O. The van der Waals surface area contributed by atoms with E-state index in [0.29, 0.717) is 45.3 Å². The second kappa shape index (κ2) is 11.7. The smallest absolute Gasteiger partial charge is 0.333 e. The van der Waals surface area contributed by atoms with E-state index in [4.69, 9.17) is 9.47 Å². The van der Waals surface area contributed by atoms with Crippen LogP contribution in [0.4, 0.5) is 4.79 Å². The molecule has 2 saturated heterocycles. The van der Waals surface area contributed by atoms with Crippen LogP contribution in [0.25, 0.3) is 0 Å². The van der Waals surface area contributed by atoms with Crippen LogP contribution < -0.4 is 0 Å². The molecule has 0 N–H and O–H groups in total. The van der Waals surface area contributed by atoms with E-state index in [2.05, 4.69) is 19.6 Å². The number of unbranched alkanes of at least 4 members (excludes halogenated alkanes) is 1. The summed E-state index contributed by atoms with van der Waals surface area (Å²) in [5, 5.41) is 0. The third kappa shape index (κ3) is 6.67. The van der Waals surface area contributed by atoms with Gasteiger partial charge in [-0.1, -0.05) is 33.0 Å². The van der Waals surface area contributed by atoms with Crippen LogP contribution >= 0.6 is 0 Å². The minimum atomic E-state index is -1.28. The molecule has 3 aliphatic rings. The van der Waals surface area contributed by atoms with Gasteiger partial charge >= 0.3 is 6.03 Å².